The Hall–Kier alpha value is -2.72. The van der Waals surface area contributed by atoms with E-state index in [1.807, 2.05) is 30.3 Å². The molecule has 1 atom stereocenters. The van der Waals surface area contributed by atoms with Gasteiger partial charge < -0.3 is 5.32 Å². The molecule has 4 heteroatoms. The number of hydrogen-bond acceptors (Lipinski definition) is 2. The van der Waals surface area contributed by atoms with Gasteiger partial charge in [-0.3, -0.25) is 4.90 Å². The van der Waals surface area contributed by atoms with Crippen LogP contribution in [0.25, 0.3) is 0 Å². The first-order valence-corrected chi connectivity index (χ1v) is 6.32. The first kappa shape index (κ1) is 13.7. The molecule has 20 heavy (non-hydrogen) atoms. The SMILES string of the molecule is CC#CCN1C(=O)NC(c2ccccc2)C(C#N)=C1C. The second kappa shape index (κ2) is 5.95. The fourth-order valence-electron chi connectivity index (χ4n) is 2.17. The van der Waals surface area contributed by atoms with Gasteiger partial charge in [0.2, 0.25) is 0 Å². The average molecular weight is 265 g/mol. The van der Waals surface area contributed by atoms with Crippen molar-refractivity contribution in [1.29, 1.82) is 5.26 Å². The second-order valence-corrected chi connectivity index (χ2v) is 4.42. The maximum atomic E-state index is 12.2. The molecule has 100 valence electrons. The summed E-state index contributed by atoms with van der Waals surface area (Å²) in [7, 11) is 0. The highest BCUT2D eigenvalue weighted by Crippen LogP contribution is 2.29. The maximum Gasteiger partial charge on any atom is 0.323 e. The third-order valence-corrected chi connectivity index (χ3v) is 3.26. The third kappa shape index (κ3) is 2.50. The third-order valence-electron chi connectivity index (χ3n) is 3.26. The summed E-state index contributed by atoms with van der Waals surface area (Å²) in [6.07, 6.45) is 0. The standard InChI is InChI=1S/C16H15N3O/c1-3-4-10-19-12(2)14(11-17)15(18-16(19)20)13-8-6-5-7-9-13/h5-9,15H,10H2,1-2H3,(H,18,20). The van der Waals surface area contributed by atoms with E-state index in [9.17, 15) is 10.1 Å². The summed E-state index contributed by atoms with van der Waals surface area (Å²) in [5.74, 6) is 5.60. The van der Waals surface area contributed by atoms with Gasteiger partial charge in [-0.15, -0.1) is 5.92 Å². The van der Waals surface area contributed by atoms with Crippen LogP contribution in [0, 0.1) is 23.2 Å². The average Bonchev–Trinajstić information content (AvgIpc) is 2.47. The van der Waals surface area contributed by atoms with Crippen LogP contribution in [0.4, 0.5) is 4.79 Å². The normalized spacial score (nSPS) is 17.9. The molecule has 1 unspecified atom stereocenters. The minimum Gasteiger partial charge on any atom is -0.326 e. The van der Waals surface area contributed by atoms with Gasteiger partial charge in [0, 0.05) is 5.70 Å². The van der Waals surface area contributed by atoms with Crippen molar-refractivity contribution in [3.63, 3.8) is 0 Å². The van der Waals surface area contributed by atoms with E-state index in [1.54, 1.807) is 13.8 Å². The van der Waals surface area contributed by atoms with E-state index in [2.05, 4.69) is 23.2 Å². The molecule has 0 aliphatic carbocycles. The van der Waals surface area contributed by atoms with Crippen molar-refractivity contribution >= 4 is 6.03 Å². The molecule has 1 aliphatic rings. The molecule has 1 heterocycles. The summed E-state index contributed by atoms with van der Waals surface area (Å²) >= 11 is 0. The van der Waals surface area contributed by atoms with Crippen LogP contribution >= 0.6 is 0 Å². The number of rotatable bonds is 2. The number of hydrogen-bond donors (Lipinski definition) is 1. The van der Waals surface area contributed by atoms with Gasteiger partial charge in [0.05, 0.1) is 24.2 Å². The summed E-state index contributed by atoms with van der Waals surface area (Å²) in [5, 5.41) is 12.3. The Kier molecular flexibility index (Phi) is 4.08. The van der Waals surface area contributed by atoms with Gasteiger partial charge in [0.15, 0.2) is 0 Å². The van der Waals surface area contributed by atoms with Crippen LogP contribution in [0.15, 0.2) is 41.6 Å². The summed E-state index contributed by atoms with van der Waals surface area (Å²) in [6, 6.07) is 11.1. The van der Waals surface area contributed by atoms with Crippen molar-refractivity contribution < 1.29 is 4.79 Å². The first-order chi connectivity index (χ1) is 9.69. The number of carbonyl (C=O) groups is 1. The molecule has 0 fully saturated rings. The quantitative estimate of drug-likeness (QED) is 0.835. The van der Waals surface area contributed by atoms with Crippen molar-refractivity contribution in [2.45, 2.75) is 19.9 Å². The minimum absolute atomic E-state index is 0.224. The molecular formula is C16H15N3O. The van der Waals surface area contributed by atoms with E-state index in [0.717, 1.165) is 5.56 Å². The van der Waals surface area contributed by atoms with Gasteiger partial charge >= 0.3 is 6.03 Å². The predicted molar refractivity (Wildman–Crippen MR) is 76.2 cm³/mol. The molecule has 2 amide bonds. The molecule has 1 aliphatic heterocycles. The number of nitrogens with one attached hydrogen (secondary N) is 1. The Morgan fingerprint density at radius 2 is 2.05 bits per heavy atom. The monoisotopic (exact) mass is 265 g/mol. The molecule has 1 N–H and O–H groups in total. The number of nitriles is 1. The lowest BCUT2D eigenvalue weighted by atomic mass is 9.96. The number of carbonyl (C=O) groups excluding carboxylic acids is 1. The van der Waals surface area contributed by atoms with Gasteiger partial charge in [-0.1, -0.05) is 36.3 Å². The minimum atomic E-state index is -0.389. The Morgan fingerprint density at radius 3 is 2.65 bits per heavy atom. The smallest absolute Gasteiger partial charge is 0.323 e. The lowest BCUT2D eigenvalue weighted by Gasteiger charge is -2.32. The van der Waals surface area contributed by atoms with E-state index in [1.165, 1.54) is 4.90 Å². The first-order valence-electron chi connectivity index (χ1n) is 6.32. The van der Waals surface area contributed by atoms with E-state index >= 15 is 0 Å². The van der Waals surface area contributed by atoms with Gasteiger partial charge in [-0.2, -0.15) is 5.26 Å². The zero-order valence-corrected chi connectivity index (χ0v) is 11.5. The van der Waals surface area contributed by atoms with Crippen LogP contribution < -0.4 is 5.32 Å². The Morgan fingerprint density at radius 1 is 1.35 bits per heavy atom. The fraction of sp³-hybridized carbons (Fsp3) is 0.250. The zero-order chi connectivity index (χ0) is 14.5. The van der Waals surface area contributed by atoms with Crippen LogP contribution in [0.3, 0.4) is 0 Å². The van der Waals surface area contributed by atoms with Crippen LogP contribution in [0.2, 0.25) is 0 Å². The summed E-state index contributed by atoms with van der Waals surface area (Å²) in [5.41, 5.74) is 2.11. The molecule has 0 saturated carbocycles. The van der Waals surface area contributed by atoms with Crippen LogP contribution in [0.1, 0.15) is 25.5 Å². The van der Waals surface area contributed by atoms with E-state index in [0.29, 0.717) is 17.8 Å². The molecule has 0 bridgehead atoms. The van der Waals surface area contributed by atoms with Gasteiger partial charge in [-0.05, 0) is 19.4 Å². The van der Waals surface area contributed by atoms with Crippen molar-refractivity contribution in [3.8, 4) is 17.9 Å². The molecule has 0 spiro atoms. The van der Waals surface area contributed by atoms with Crippen LogP contribution in [0.5, 0.6) is 0 Å². The van der Waals surface area contributed by atoms with Crippen molar-refractivity contribution in [1.82, 2.24) is 10.2 Å². The predicted octanol–water partition coefficient (Wildman–Crippen LogP) is 2.57. The Balaban J connectivity index is 2.43. The topological polar surface area (TPSA) is 56.1 Å². The fourth-order valence-corrected chi connectivity index (χ4v) is 2.17. The maximum absolute atomic E-state index is 12.2. The molecule has 4 nitrogen and oxygen atoms in total. The largest absolute Gasteiger partial charge is 0.326 e. The van der Waals surface area contributed by atoms with Gasteiger partial charge in [0.25, 0.3) is 0 Å². The molecule has 0 aromatic heterocycles. The van der Waals surface area contributed by atoms with Crippen molar-refractivity contribution in [2.75, 3.05) is 6.54 Å². The molecule has 1 aromatic rings. The van der Waals surface area contributed by atoms with E-state index < -0.39 is 0 Å². The lowest BCUT2D eigenvalue weighted by molar-refractivity contribution is 0.208. The van der Waals surface area contributed by atoms with Crippen LogP contribution in [-0.4, -0.2) is 17.5 Å². The van der Waals surface area contributed by atoms with Gasteiger partial charge in [-0.25, -0.2) is 4.79 Å². The molecule has 2 rings (SSSR count). The highest BCUT2D eigenvalue weighted by Gasteiger charge is 2.31. The summed E-state index contributed by atoms with van der Waals surface area (Å²) < 4.78 is 0. The number of amides is 2. The zero-order valence-electron chi connectivity index (χ0n) is 11.5. The van der Waals surface area contributed by atoms with E-state index in [4.69, 9.17) is 0 Å². The molecule has 0 saturated heterocycles. The summed E-state index contributed by atoms with van der Waals surface area (Å²) in [6.45, 7) is 3.80. The van der Waals surface area contributed by atoms with Crippen LogP contribution in [-0.2, 0) is 0 Å². The molecule has 1 aromatic carbocycles. The van der Waals surface area contributed by atoms with Crippen molar-refractivity contribution in [2.24, 2.45) is 0 Å². The van der Waals surface area contributed by atoms with Crippen molar-refractivity contribution in [3.05, 3.63) is 47.2 Å². The number of allylic oxidation sites excluding steroid dienone is 1. The summed E-state index contributed by atoms with van der Waals surface area (Å²) in [4.78, 5) is 13.7. The lowest BCUT2D eigenvalue weighted by Crippen LogP contribution is -2.46. The van der Waals surface area contributed by atoms with E-state index in [-0.39, 0.29) is 12.1 Å². The number of urea groups is 1. The highest BCUT2D eigenvalue weighted by molar-refractivity contribution is 5.80. The molecular weight excluding hydrogens is 250 g/mol. The Labute approximate surface area is 118 Å². The molecule has 0 radical (unpaired) electrons. The number of benzene rings is 1. The van der Waals surface area contributed by atoms with Gasteiger partial charge in [0.1, 0.15) is 0 Å². The number of nitrogens with zero attached hydrogens (tertiary/aromatic N) is 2. The Bertz CT molecular complexity index is 644. The second-order valence-electron chi connectivity index (χ2n) is 4.42. The highest BCUT2D eigenvalue weighted by atomic mass is 16.2.